The molecule has 5 nitrogen and oxygen atoms in total. The van der Waals surface area contributed by atoms with Crippen LogP contribution in [0.3, 0.4) is 0 Å². The second-order valence-corrected chi connectivity index (χ2v) is 4.85. The molecular formula is C14H18ClN3O2. The van der Waals surface area contributed by atoms with Gasteiger partial charge in [0.2, 0.25) is 5.91 Å². The summed E-state index contributed by atoms with van der Waals surface area (Å²) in [6.07, 6.45) is 0.914. The summed E-state index contributed by atoms with van der Waals surface area (Å²) in [5.41, 5.74) is 6.92. The molecule has 0 aliphatic carbocycles. The van der Waals surface area contributed by atoms with Gasteiger partial charge in [-0.2, -0.15) is 0 Å². The number of carbonyl (C=O) groups is 1. The highest BCUT2D eigenvalue weighted by Crippen LogP contribution is 2.29. The second kappa shape index (κ2) is 6.13. The number of fused-ring (bicyclic) bond motifs is 1. The van der Waals surface area contributed by atoms with Crippen LogP contribution in [0.1, 0.15) is 32.1 Å². The molecule has 1 aromatic heterocycles. The van der Waals surface area contributed by atoms with Crippen LogP contribution in [0.15, 0.2) is 18.2 Å². The van der Waals surface area contributed by atoms with Crippen LogP contribution in [-0.2, 0) is 10.7 Å². The number of rotatable bonds is 6. The highest BCUT2D eigenvalue weighted by Gasteiger charge is 2.20. The van der Waals surface area contributed by atoms with Gasteiger partial charge in [-0.25, -0.2) is 4.98 Å². The second-order valence-electron chi connectivity index (χ2n) is 4.58. The summed E-state index contributed by atoms with van der Waals surface area (Å²) in [6.45, 7) is 4.39. The molecule has 0 fully saturated rings. The van der Waals surface area contributed by atoms with Crippen LogP contribution in [0.2, 0.25) is 0 Å². The molecule has 0 aliphatic heterocycles. The summed E-state index contributed by atoms with van der Waals surface area (Å²) in [5.74, 6) is 1.10. The average Bonchev–Trinajstić information content (AvgIpc) is 2.82. The van der Waals surface area contributed by atoms with Crippen LogP contribution in [0.25, 0.3) is 11.0 Å². The third-order valence-electron chi connectivity index (χ3n) is 3.14. The molecule has 1 heterocycles. The van der Waals surface area contributed by atoms with Crippen molar-refractivity contribution in [2.45, 2.75) is 32.2 Å². The first kappa shape index (κ1) is 14.7. The zero-order valence-corrected chi connectivity index (χ0v) is 12.4. The van der Waals surface area contributed by atoms with Gasteiger partial charge >= 0.3 is 0 Å². The van der Waals surface area contributed by atoms with Gasteiger partial charge in [-0.3, -0.25) is 4.79 Å². The lowest BCUT2D eigenvalue weighted by Gasteiger charge is -2.13. The minimum absolute atomic E-state index is 0.208. The molecule has 1 amide bonds. The molecule has 1 atom stereocenters. The molecule has 1 unspecified atom stereocenters. The SMILES string of the molecule is CCCOc1cccc2c1nc(CCl)n2C(C)C(N)=O. The van der Waals surface area contributed by atoms with E-state index in [0.29, 0.717) is 23.7 Å². The number of aromatic nitrogens is 2. The zero-order valence-electron chi connectivity index (χ0n) is 11.6. The Morgan fingerprint density at radius 3 is 2.90 bits per heavy atom. The fraction of sp³-hybridized carbons (Fsp3) is 0.429. The maximum atomic E-state index is 11.5. The van der Waals surface area contributed by atoms with Crippen LogP contribution < -0.4 is 10.5 Å². The van der Waals surface area contributed by atoms with Crippen molar-refractivity contribution in [1.29, 1.82) is 0 Å². The minimum Gasteiger partial charge on any atom is -0.491 e. The van der Waals surface area contributed by atoms with E-state index in [-0.39, 0.29) is 5.88 Å². The van der Waals surface area contributed by atoms with Crippen molar-refractivity contribution in [3.8, 4) is 5.75 Å². The van der Waals surface area contributed by atoms with E-state index in [0.717, 1.165) is 11.9 Å². The minimum atomic E-state index is -0.504. The Bertz CT molecular complexity index is 624. The summed E-state index contributed by atoms with van der Waals surface area (Å²) in [5, 5.41) is 0. The Morgan fingerprint density at radius 1 is 1.55 bits per heavy atom. The third-order valence-corrected chi connectivity index (χ3v) is 3.38. The Morgan fingerprint density at radius 2 is 2.30 bits per heavy atom. The third kappa shape index (κ3) is 2.58. The number of hydrogen-bond acceptors (Lipinski definition) is 3. The molecule has 20 heavy (non-hydrogen) atoms. The van der Waals surface area contributed by atoms with Gasteiger partial charge in [0.05, 0.1) is 18.0 Å². The van der Waals surface area contributed by atoms with Gasteiger partial charge in [0.1, 0.15) is 23.1 Å². The smallest absolute Gasteiger partial charge is 0.240 e. The van der Waals surface area contributed by atoms with Gasteiger partial charge in [-0.1, -0.05) is 13.0 Å². The van der Waals surface area contributed by atoms with Crippen molar-refractivity contribution in [1.82, 2.24) is 9.55 Å². The molecule has 2 N–H and O–H groups in total. The average molecular weight is 296 g/mol. The molecular weight excluding hydrogens is 278 g/mol. The molecule has 0 saturated carbocycles. The Hall–Kier alpha value is -1.75. The quantitative estimate of drug-likeness (QED) is 0.833. The summed E-state index contributed by atoms with van der Waals surface area (Å²) in [4.78, 5) is 16.0. The molecule has 1 aromatic carbocycles. The lowest BCUT2D eigenvalue weighted by molar-refractivity contribution is -0.120. The van der Waals surface area contributed by atoms with Crippen molar-refractivity contribution >= 4 is 28.5 Å². The first-order chi connectivity index (χ1) is 9.60. The molecule has 108 valence electrons. The largest absolute Gasteiger partial charge is 0.491 e. The van der Waals surface area contributed by atoms with E-state index in [1.165, 1.54) is 0 Å². The number of nitrogens with zero attached hydrogens (tertiary/aromatic N) is 2. The highest BCUT2D eigenvalue weighted by molar-refractivity contribution is 6.17. The van der Waals surface area contributed by atoms with Crippen LogP contribution in [-0.4, -0.2) is 22.1 Å². The first-order valence-electron chi connectivity index (χ1n) is 6.58. The lowest BCUT2D eigenvalue weighted by atomic mass is 10.2. The van der Waals surface area contributed by atoms with Gasteiger partial charge < -0.3 is 15.0 Å². The fourth-order valence-electron chi connectivity index (χ4n) is 2.12. The van der Waals surface area contributed by atoms with Gasteiger partial charge in [0.25, 0.3) is 0 Å². The van der Waals surface area contributed by atoms with Gasteiger partial charge in [-0.05, 0) is 25.5 Å². The molecule has 2 aromatic rings. The maximum Gasteiger partial charge on any atom is 0.240 e. The zero-order chi connectivity index (χ0) is 14.7. The summed E-state index contributed by atoms with van der Waals surface area (Å²) in [7, 11) is 0. The summed E-state index contributed by atoms with van der Waals surface area (Å²) < 4.78 is 7.45. The lowest BCUT2D eigenvalue weighted by Crippen LogP contribution is -2.25. The van der Waals surface area contributed by atoms with E-state index in [1.54, 1.807) is 11.5 Å². The number of benzene rings is 1. The van der Waals surface area contributed by atoms with E-state index in [2.05, 4.69) is 4.98 Å². The summed E-state index contributed by atoms with van der Waals surface area (Å²) in [6, 6.07) is 5.12. The Balaban J connectivity index is 2.59. The van der Waals surface area contributed by atoms with E-state index in [9.17, 15) is 4.79 Å². The van der Waals surface area contributed by atoms with Crippen molar-refractivity contribution in [2.75, 3.05) is 6.61 Å². The first-order valence-corrected chi connectivity index (χ1v) is 7.11. The van der Waals surface area contributed by atoms with Crippen molar-refractivity contribution < 1.29 is 9.53 Å². The van der Waals surface area contributed by atoms with E-state index < -0.39 is 11.9 Å². The molecule has 0 saturated heterocycles. The standard InChI is InChI=1S/C14H18ClN3O2/c1-3-7-20-11-6-4-5-10-13(11)17-12(8-15)18(10)9(2)14(16)19/h4-6,9H,3,7-8H2,1-2H3,(H2,16,19). The van der Waals surface area contributed by atoms with E-state index in [4.69, 9.17) is 22.1 Å². The number of nitrogens with two attached hydrogens (primary N) is 1. The van der Waals surface area contributed by atoms with Gasteiger partial charge in [0, 0.05) is 0 Å². The van der Waals surface area contributed by atoms with Crippen LogP contribution in [0.4, 0.5) is 0 Å². The van der Waals surface area contributed by atoms with Gasteiger partial charge in [0.15, 0.2) is 0 Å². The molecule has 0 spiro atoms. The van der Waals surface area contributed by atoms with Crippen LogP contribution >= 0.6 is 11.6 Å². The van der Waals surface area contributed by atoms with Crippen molar-refractivity contribution in [2.24, 2.45) is 5.73 Å². The van der Waals surface area contributed by atoms with Crippen molar-refractivity contribution in [3.63, 3.8) is 0 Å². The predicted octanol–water partition coefficient (Wildman–Crippen LogP) is 2.61. The molecule has 0 bridgehead atoms. The molecule has 2 rings (SSSR count). The van der Waals surface area contributed by atoms with Crippen LogP contribution in [0.5, 0.6) is 5.75 Å². The van der Waals surface area contributed by atoms with Crippen LogP contribution in [0, 0.1) is 0 Å². The van der Waals surface area contributed by atoms with E-state index >= 15 is 0 Å². The molecule has 6 heteroatoms. The number of primary amides is 1. The fourth-order valence-corrected chi connectivity index (χ4v) is 2.31. The van der Waals surface area contributed by atoms with Crippen molar-refractivity contribution in [3.05, 3.63) is 24.0 Å². The van der Waals surface area contributed by atoms with Gasteiger partial charge in [-0.15, -0.1) is 11.6 Å². The maximum absolute atomic E-state index is 11.5. The Kier molecular flexibility index (Phi) is 4.49. The number of ether oxygens (including phenoxy) is 1. The predicted molar refractivity (Wildman–Crippen MR) is 79.0 cm³/mol. The number of imidazole rings is 1. The number of alkyl halides is 1. The van der Waals surface area contributed by atoms with E-state index in [1.807, 2.05) is 25.1 Å². The number of para-hydroxylation sites is 1. The number of hydrogen-bond donors (Lipinski definition) is 1. The normalized spacial score (nSPS) is 12.6. The highest BCUT2D eigenvalue weighted by atomic mass is 35.5. The topological polar surface area (TPSA) is 70.1 Å². The number of carbonyl (C=O) groups excluding carboxylic acids is 1. The Labute approximate surface area is 122 Å². The monoisotopic (exact) mass is 295 g/mol. The number of amides is 1. The number of halogens is 1. The molecule has 0 radical (unpaired) electrons. The molecule has 0 aliphatic rings. The summed E-state index contributed by atoms with van der Waals surface area (Å²) >= 11 is 5.93.